The highest BCUT2D eigenvalue weighted by molar-refractivity contribution is 6.32. The van der Waals surface area contributed by atoms with Crippen LogP contribution < -0.4 is 10.1 Å². The minimum absolute atomic E-state index is 0.144. The molecule has 0 fully saturated rings. The molecule has 8 heteroatoms. The van der Waals surface area contributed by atoms with Crippen molar-refractivity contribution in [3.05, 3.63) is 28.8 Å². The molecule has 0 saturated heterocycles. The van der Waals surface area contributed by atoms with E-state index in [0.717, 1.165) is 5.56 Å². The molecule has 0 aliphatic heterocycles. The zero-order chi connectivity index (χ0) is 16.3. The lowest BCUT2D eigenvalue weighted by molar-refractivity contribution is -0.159. The predicted octanol–water partition coefficient (Wildman–Crippen LogP) is 0.765. The Hall–Kier alpha value is -1.83. The van der Waals surface area contributed by atoms with Crippen molar-refractivity contribution in [3.8, 4) is 5.75 Å². The molecule has 0 atom stereocenters. The number of hydrogen-bond donors (Lipinski definition) is 4. The summed E-state index contributed by atoms with van der Waals surface area (Å²) in [5.74, 6) is -2.95. The maximum absolute atomic E-state index is 9.10. The van der Waals surface area contributed by atoms with E-state index in [0.29, 0.717) is 30.5 Å². The summed E-state index contributed by atoms with van der Waals surface area (Å²) in [6.07, 6.45) is 0. The number of hydrogen-bond acceptors (Lipinski definition) is 5. The Morgan fingerprint density at radius 2 is 1.86 bits per heavy atom. The van der Waals surface area contributed by atoms with Crippen molar-refractivity contribution in [2.45, 2.75) is 6.92 Å². The van der Waals surface area contributed by atoms with Crippen LogP contribution >= 0.6 is 11.6 Å². The van der Waals surface area contributed by atoms with E-state index in [2.05, 4.69) is 5.32 Å². The van der Waals surface area contributed by atoms with Crippen LogP contribution in [-0.4, -0.2) is 53.6 Å². The Labute approximate surface area is 127 Å². The van der Waals surface area contributed by atoms with Gasteiger partial charge in [-0.25, -0.2) is 9.59 Å². The molecule has 0 saturated carbocycles. The van der Waals surface area contributed by atoms with Gasteiger partial charge < -0.3 is 25.4 Å². The van der Waals surface area contributed by atoms with Crippen LogP contribution in [0.25, 0.3) is 0 Å². The molecule has 0 aromatic heterocycles. The summed E-state index contributed by atoms with van der Waals surface area (Å²) in [6, 6.07) is 5.70. The summed E-state index contributed by atoms with van der Waals surface area (Å²) < 4.78 is 5.46. The van der Waals surface area contributed by atoms with Crippen molar-refractivity contribution in [3.63, 3.8) is 0 Å². The van der Waals surface area contributed by atoms with Crippen LogP contribution in [0.5, 0.6) is 5.75 Å². The Balaban J connectivity index is 0.000000567. The number of aliphatic hydroxyl groups excluding tert-OH is 1. The van der Waals surface area contributed by atoms with E-state index in [1.807, 2.05) is 25.1 Å². The fourth-order valence-corrected chi connectivity index (χ4v) is 1.45. The predicted molar refractivity (Wildman–Crippen MR) is 76.9 cm³/mol. The molecule has 0 aliphatic carbocycles. The average Bonchev–Trinajstić information content (AvgIpc) is 2.41. The highest BCUT2D eigenvalue weighted by atomic mass is 35.5. The Kier molecular flexibility index (Phi) is 9.95. The lowest BCUT2D eigenvalue weighted by atomic mass is 10.2. The van der Waals surface area contributed by atoms with Gasteiger partial charge >= 0.3 is 11.9 Å². The number of carboxylic acids is 2. The fraction of sp³-hybridized carbons (Fsp3) is 0.385. The van der Waals surface area contributed by atoms with Gasteiger partial charge in [0.2, 0.25) is 0 Å². The largest absolute Gasteiger partial charge is 0.491 e. The number of ether oxygens (including phenoxy) is 1. The van der Waals surface area contributed by atoms with Crippen molar-refractivity contribution < 1.29 is 29.6 Å². The molecular formula is C13H18ClNO6. The molecule has 4 N–H and O–H groups in total. The molecule has 0 radical (unpaired) electrons. The van der Waals surface area contributed by atoms with Gasteiger partial charge in [0.25, 0.3) is 0 Å². The summed E-state index contributed by atoms with van der Waals surface area (Å²) in [4.78, 5) is 18.2. The Morgan fingerprint density at radius 3 is 2.33 bits per heavy atom. The Bertz CT molecular complexity index is 454. The molecule has 0 spiro atoms. The maximum atomic E-state index is 9.10. The Morgan fingerprint density at radius 1 is 1.24 bits per heavy atom. The summed E-state index contributed by atoms with van der Waals surface area (Å²) >= 11 is 5.98. The van der Waals surface area contributed by atoms with Crippen LogP contribution in [0, 0.1) is 6.92 Å². The smallest absolute Gasteiger partial charge is 0.414 e. The summed E-state index contributed by atoms with van der Waals surface area (Å²) in [5, 5.41) is 27.0. The van der Waals surface area contributed by atoms with Crippen LogP contribution in [0.1, 0.15) is 5.56 Å². The van der Waals surface area contributed by atoms with Gasteiger partial charge in [0, 0.05) is 13.1 Å². The molecule has 0 aliphatic rings. The standard InChI is InChI=1S/C11H16ClNO2.C2H2O4/c1-9-2-3-11(10(12)8-9)15-7-5-13-4-6-14;3-1(4)2(5)6/h2-3,8,13-14H,4-7H2,1H3;(H,3,4)(H,5,6). The van der Waals surface area contributed by atoms with Crippen LogP contribution in [0.2, 0.25) is 5.02 Å². The molecule has 118 valence electrons. The molecule has 0 amide bonds. The minimum atomic E-state index is -1.82. The number of carboxylic acid groups (broad SMARTS) is 2. The van der Waals surface area contributed by atoms with Gasteiger partial charge in [0.15, 0.2) is 0 Å². The third kappa shape index (κ3) is 9.67. The van der Waals surface area contributed by atoms with Crippen LogP contribution in [0.3, 0.4) is 0 Å². The molecule has 0 unspecified atom stereocenters. The first-order valence-electron chi connectivity index (χ1n) is 6.05. The molecule has 1 aromatic rings. The molecular weight excluding hydrogens is 302 g/mol. The molecule has 1 aromatic carbocycles. The SMILES string of the molecule is Cc1ccc(OCCNCCO)c(Cl)c1.O=C(O)C(=O)O. The first-order chi connectivity index (χ1) is 9.88. The topological polar surface area (TPSA) is 116 Å². The number of aryl methyl sites for hydroxylation is 1. The van der Waals surface area contributed by atoms with Gasteiger partial charge in [0.05, 0.1) is 11.6 Å². The van der Waals surface area contributed by atoms with Crippen LogP contribution in [0.4, 0.5) is 0 Å². The van der Waals surface area contributed by atoms with Crippen molar-refractivity contribution in [2.24, 2.45) is 0 Å². The van der Waals surface area contributed by atoms with Gasteiger partial charge in [-0.1, -0.05) is 17.7 Å². The van der Waals surface area contributed by atoms with E-state index in [-0.39, 0.29) is 6.61 Å². The quantitative estimate of drug-likeness (QED) is 0.452. The average molecular weight is 320 g/mol. The number of carbonyl (C=O) groups is 2. The molecule has 21 heavy (non-hydrogen) atoms. The first kappa shape index (κ1) is 19.2. The number of nitrogens with one attached hydrogen (secondary N) is 1. The van der Waals surface area contributed by atoms with Crippen molar-refractivity contribution in [2.75, 3.05) is 26.3 Å². The van der Waals surface area contributed by atoms with E-state index in [1.54, 1.807) is 0 Å². The minimum Gasteiger partial charge on any atom is -0.491 e. The van der Waals surface area contributed by atoms with E-state index in [9.17, 15) is 0 Å². The van der Waals surface area contributed by atoms with Crippen molar-refractivity contribution in [1.82, 2.24) is 5.32 Å². The van der Waals surface area contributed by atoms with Gasteiger partial charge in [-0.05, 0) is 24.6 Å². The van der Waals surface area contributed by atoms with E-state index >= 15 is 0 Å². The molecule has 7 nitrogen and oxygen atoms in total. The molecule has 0 heterocycles. The van der Waals surface area contributed by atoms with Gasteiger partial charge in [-0.3, -0.25) is 0 Å². The first-order valence-corrected chi connectivity index (χ1v) is 6.43. The summed E-state index contributed by atoms with van der Waals surface area (Å²) in [7, 11) is 0. The van der Waals surface area contributed by atoms with E-state index < -0.39 is 11.9 Å². The summed E-state index contributed by atoms with van der Waals surface area (Å²) in [6.45, 7) is 3.96. The van der Waals surface area contributed by atoms with Crippen LogP contribution in [0.15, 0.2) is 18.2 Å². The second-order valence-electron chi connectivity index (χ2n) is 3.87. The second-order valence-corrected chi connectivity index (χ2v) is 4.27. The third-order valence-electron chi connectivity index (χ3n) is 2.10. The van der Waals surface area contributed by atoms with Gasteiger partial charge in [-0.2, -0.15) is 0 Å². The lowest BCUT2D eigenvalue weighted by Crippen LogP contribution is -2.24. The highest BCUT2D eigenvalue weighted by Gasteiger charge is 2.04. The normalized spacial score (nSPS) is 9.48. The van der Waals surface area contributed by atoms with E-state index in [1.165, 1.54) is 0 Å². The van der Waals surface area contributed by atoms with Crippen LogP contribution in [-0.2, 0) is 9.59 Å². The fourth-order valence-electron chi connectivity index (χ4n) is 1.16. The molecule has 1 rings (SSSR count). The van der Waals surface area contributed by atoms with E-state index in [4.69, 9.17) is 41.2 Å². The van der Waals surface area contributed by atoms with Crippen molar-refractivity contribution in [1.29, 1.82) is 0 Å². The maximum Gasteiger partial charge on any atom is 0.414 e. The van der Waals surface area contributed by atoms with Gasteiger partial charge in [-0.15, -0.1) is 0 Å². The number of aliphatic hydroxyl groups is 1. The van der Waals surface area contributed by atoms with Crippen molar-refractivity contribution >= 4 is 23.5 Å². The lowest BCUT2D eigenvalue weighted by Gasteiger charge is -2.08. The molecule has 0 bridgehead atoms. The second kappa shape index (κ2) is 10.9. The highest BCUT2D eigenvalue weighted by Crippen LogP contribution is 2.24. The zero-order valence-corrected chi connectivity index (χ0v) is 12.3. The number of halogens is 1. The summed E-state index contributed by atoms with van der Waals surface area (Å²) in [5.41, 5.74) is 1.12. The number of benzene rings is 1. The monoisotopic (exact) mass is 319 g/mol. The number of aliphatic carboxylic acids is 2. The van der Waals surface area contributed by atoms with Gasteiger partial charge in [0.1, 0.15) is 12.4 Å². The third-order valence-corrected chi connectivity index (χ3v) is 2.39. The number of rotatable bonds is 6. The zero-order valence-electron chi connectivity index (χ0n) is 11.5.